The number of aryl methyl sites for hydroxylation is 1. The summed E-state index contributed by atoms with van der Waals surface area (Å²) in [7, 11) is 0. The van der Waals surface area contributed by atoms with Gasteiger partial charge in [0.1, 0.15) is 0 Å². The van der Waals surface area contributed by atoms with Crippen LogP contribution in [0, 0.1) is 0 Å². The number of hydrogen-bond donors (Lipinski definition) is 0. The standard InChI is InChI=1S/C12H15O2/c13-12(14)10-6-2-5-9-11-7-3-1-4-8-11/h1,3-4,7-8H,2,5-6,9-10H2. The summed E-state index contributed by atoms with van der Waals surface area (Å²) in [4.78, 5) is 10.1. The van der Waals surface area contributed by atoms with Crippen molar-refractivity contribution in [2.75, 3.05) is 0 Å². The van der Waals surface area contributed by atoms with Gasteiger partial charge in [-0.3, -0.25) is 0 Å². The van der Waals surface area contributed by atoms with E-state index in [9.17, 15) is 9.90 Å². The largest absolute Gasteiger partial charge is 0.355 e. The molecule has 0 amide bonds. The Bertz CT molecular complexity index is 267. The SMILES string of the molecule is [O]C(=O)CCCCCc1ccccc1. The second-order valence-electron chi connectivity index (χ2n) is 3.42. The first-order valence-electron chi connectivity index (χ1n) is 5.03. The maximum absolute atomic E-state index is 10.1. The molecule has 0 spiro atoms. The van der Waals surface area contributed by atoms with Gasteiger partial charge in [-0.1, -0.05) is 36.8 Å². The summed E-state index contributed by atoms with van der Waals surface area (Å²) in [6.45, 7) is 0. The molecule has 0 saturated heterocycles. The zero-order valence-electron chi connectivity index (χ0n) is 8.24. The van der Waals surface area contributed by atoms with Gasteiger partial charge in [0.15, 0.2) is 0 Å². The van der Waals surface area contributed by atoms with Crippen LogP contribution in [-0.4, -0.2) is 5.97 Å². The summed E-state index contributed by atoms with van der Waals surface area (Å²) in [6.07, 6.45) is 3.97. The summed E-state index contributed by atoms with van der Waals surface area (Å²) in [6, 6.07) is 10.2. The molecule has 1 aromatic carbocycles. The maximum atomic E-state index is 10.1. The minimum absolute atomic E-state index is 0.189. The molecule has 0 N–H and O–H groups in total. The lowest BCUT2D eigenvalue weighted by atomic mass is 10.1. The van der Waals surface area contributed by atoms with Gasteiger partial charge in [-0.15, -0.1) is 0 Å². The van der Waals surface area contributed by atoms with Crippen LogP contribution in [0.5, 0.6) is 0 Å². The van der Waals surface area contributed by atoms with Crippen LogP contribution in [0.1, 0.15) is 31.2 Å². The summed E-state index contributed by atoms with van der Waals surface area (Å²) in [5, 5.41) is 10.1. The van der Waals surface area contributed by atoms with Crippen LogP contribution >= 0.6 is 0 Å². The van der Waals surface area contributed by atoms with Crippen molar-refractivity contribution < 1.29 is 9.90 Å². The van der Waals surface area contributed by atoms with Gasteiger partial charge in [0.05, 0.1) is 6.42 Å². The average molecular weight is 191 g/mol. The van der Waals surface area contributed by atoms with Gasteiger partial charge in [-0.05, 0) is 24.8 Å². The highest BCUT2D eigenvalue weighted by Gasteiger charge is 1.98. The molecule has 2 heteroatoms. The third-order valence-corrected chi connectivity index (χ3v) is 2.19. The molecule has 1 aromatic rings. The second-order valence-corrected chi connectivity index (χ2v) is 3.42. The van der Waals surface area contributed by atoms with E-state index in [1.165, 1.54) is 5.56 Å². The van der Waals surface area contributed by atoms with Crippen molar-refractivity contribution in [2.45, 2.75) is 32.1 Å². The van der Waals surface area contributed by atoms with Crippen molar-refractivity contribution in [2.24, 2.45) is 0 Å². The van der Waals surface area contributed by atoms with Crippen molar-refractivity contribution >= 4 is 5.97 Å². The minimum atomic E-state index is -0.940. The van der Waals surface area contributed by atoms with Gasteiger partial charge in [0.2, 0.25) is 0 Å². The van der Waals surface area contributed by atoms with Crippen LogP contribution in [0.3, 0.4) is 0 Å². The van der Waals surface area contributed by atoms with E-state index in [0.717, 1.165) is 25.7 Å². The van der Waals surface area contributed by atoms with Crippen molar-refractivity contribution in [3.63, 3.8) is 0 Å². The van der Waals surface area contributed by atoms with E-state index >= 15 is 0 Å². The van der Waals surface area contributed by atoms with E-state index in [0.29, 0.717) is 0 Å². The molecule has 14 heavy (non-hydrogen) atoms. The minimum Gasteiger partial charge on any atom is -0.247 e. The van der Waals surface area contributed by atoms with Crippen LogP contribution in [0.2, 0.25) is 0 Å². The van der Waals surface area contributed by atoms with Gasteiger partial charge in [0.25, 0.3) is 0 Å². The van der Waals surface area contributed by atoms with E-state index in [4.69, 9.17) is 0 Å². The molecule has 0 aliphatic carbocycles. The van der Waals surface area contributed by atoms with Gasteiger partial charge < -0.3 is 0 Å². The smallest absolute Gasteiger partial charge is 0.247 e. The molecule has 0 aromatic heterocycles. The lowest BCUT2D eigenvalue weighted by molar-refractivity contribution is -0.143. The maximum Gasteiger partial charge on any atom is 0.355 e. The first-order chi connectivity index (χ1) is 6.79. The van der Waals surface area contributed by atoms with Gasteiger partial charge in [-0.2, -0.15) is 0 Å². The molecule has 0 aliphatic heterocycles. The Morgan fingerprint density at radius 3 is 2.36 bits per heavy atom. The number of unbranched alkanes of at least 4 members (excludes halogenated alkanes) is 2. The molecule has 0 unspecified atom stereocenters. The summed E-state index contributed by atoms with van der Waals surface area (Å²) < 4.78 is 0. The molecule has 0 saturated carbocycles. The van der Waals surface area contributed by atoms with Gasteiger partial charge in [0, 0.05) is 0 Å². The molecule has 1 radical (unpaired) electrons. The highest BCUT2D eigenvalue weighted by atomic mass is 16.4. The number of benzene rings is 1. The highest BCUT2D eigenvalue weighted by Crippen LogP contribution is 2.07. The molecule has 1 rings (SSSR count). The van der Waals surface area contributed by atoms with Crippen molar-refractivity contribution in [1.82, 2.24) is 0 Å². The molecule has 0 aliphatic rings. The topological polar surface area (TPSA) is 37.0 Å². The van der Waals surface area contributed by atoms with Gasteiger partial charge >= 0.3 is 5.97 Å². The number of rotatable bonds is 6. The first kappa shape index (κ1) is 10.8. The molecular formula is C12H15O2. The summed E-state index contributed by atoms with van der Waals surface area (Å²) in [5.41, 5.74) is 1.32. The number of carbonyl (C=O) groups is 1. The Hall–Kier alpha value is -1.31. The van der Waals surface area contributed by atoms with E-state index in [1.807, 2.05) is 18.2 Å². The van der Waals surface area contributed by atoms with E-state index in [2.05, 4.69) is 12.1 Å². The first-order valence-corrected chi connectivity index (χ1v) is 5.03. The fourth-order valence-electron chi connectivity index (χ4n) is 1.42. The average Bonchev–Trinajstić information content (AvgIpc) is 2.18. The van der Waals surface area contributed by atoms with Gasteiger partial charge in [-0.25, -0.2) is 9.90 Å². The Morgan fingerprint density at radius 2 is 1.71 bits per heavy atom. The highest BCUT2D eigenvalue weighted by molar-refractivity contribution is 5.66. The van der Waals surface area contributed by atoms with E-state index in [1.54, 1.807) is 0 Å². The molecule has 75 valence electrons. The van der Waals surface area contributed by atoms with Crippen LogP contribution in [-0.2, 0) is 16.3 Å². The third-order valence-electron chi connectivity index (χ3n) is 2.19. The van der Waals surface area contributed by atoms with E-state index in [-0.39, 0.29) is 6.42 Å². The Kier molecular flexibility index (Phi) is 4.76. The van der Waals surface area contributed by atoms with Crippen molar-refractivity contribution in [3.8, 4) is 0 Å². The van der Waals surface area contributed by atoms with Crippen LogP contribution in [0.25, 0.3) is 0 Å². The third kappa shape index (κ3) is 4.65. The molecule has 0 atom stereocenters. The lowest BCUT2D eigenvalue weighted by Gasteiger charge is -1.99. The fourth-order valence-corrected chi connectivity index (χ4v) is 1.42. The Balaban J connectivity index is 2.08. The molecule has 2 nitrogen and oxygen atoms in total. The van der Waals surface area contributed by atoms with Crippen LogP contribution < -0.4 is 0 Å². The normalized spacial score (nSPS) is 10.0. The molecular weight excluding hydrogens is 176 g/mol. The molecule has 0 fully saturated rings. The zero-order chi connectivity index (χ0) is 10.2. The molecule has 0 heterocycles. The molecule has 0 bridgehead atoms. The van der Waals surface area contributed by atoms with Crippen molar-refractivity contribution in [3.05, 3.63) is 35.9 Å². The summed E-state index contributed by atoms with van der Waals surface area (Å²) >= 11 is 0. The van der Waals surface area contributed by atoms with E-state index < -0.39 is 5.97 Å². The quantitative estimate of drug-likeness (QED) is 0.637. The summed E-state index contributed by atoms with van der Waals surface area (Å²) in [5.74, 6) is -0.940. The predicted octanol–water partition coefficient (Wildman–Crippen LogP) is 2.75. The second kappa shape index (κ2) is 6.19. The Labute approximate surface area is 84.6 Å². The predicted molar refractivity (Wildman–Crippen MR) is 54.3 cm³/mol. The fraction of sp³-hybridized carbons (Fsp3) is 0.417. The number of hydrogen-bond acceptors (Lipinski definition) is 1. The lowest BCUT2D eigenvalue weighted by Crippen LogP contribution is -1.92. The van der Waals surface area contributed by atoms with Crippen molar-refractivity contribution in [1.29, 1.82) is 0 Å². The Morgan fingerprint density at radius 1 is 1.00 bits per heavy atom. The zero-order valence-corrected chi connectivity index (χ0v) is 8.24. The number of carbonyl (C=O) groups excluding carboxylic acids is 1. The monoisotopic (exact) mass is 191 g/mol. The van der Waals surface area contributed by atoms with Crippen LogP contribution in [0.4, 0.5) is 0 Å². The van der Waals surface area contributed by atoms with Crippen LogP contribution in [0.15, 0.2) is 30.3 Å².